The molecule has 31 heavy (non-hydrogen) atoms. The summed E-state index contributed by atoms with van der Waals surface area (Å²) in [5.41, 5.74) is -2.55. The van der Waals surface area contributed by atoms with E-state index in [1.165, 1.54) is 17.9 Å². The Morgan fingerprint density at radius 2 is 1.87 bits per heavy atom. The first-order valence-electron chi connectivity index (χ1n) is 9.66. The monoisotopic (exact) mass is 457 g/mol. The number of nitrogens with zero attached hydrogens (tertiary/aromatic N) is 3. The zero-order chi connectivity index (χ0) is 23.1. The number of fused-ring (bicyclic) bond motifs is 1. The normalized spacial score (nSPS) is 15.5. The highest BCUT2D eigenvalue weighted by atomic mass is 32.1. The van der Waals surface area contributed by atoms with E-state index in [1.807, 2.05) is 0 Å². The van der Waals surface area contributed by atoms with Crippen LogP contribution in [0.5, 0.6) is 0 Å². The summed E-state index contributed by atoms with van der Waals surface area (Å²) in [6, 6.07) is 0. The maximum absolute atomic E-state index is 13.1. The van der Waals surface area contributed by atoms with Crippen molar-refractivity contribution in [3.8, 4) is 0 Å². The number of hydrogen-bond donors (Lipinski definition) is 1. The van der Waals surface area contributed by atoms with Crippen molar-refractivity contribution in [2.45, 2.75) is 45.1 Å². The van der Waals surface area contributed by atoms with Crippen molar-refractivity contribution in [1.29, 1.82) is 0 Å². The van der Waals surface area contributed by atoms with Crippen molar-refractivity contribution < 1.29 is 23.1 Å². The number of amides is 1. The second-order valence-electron chi connectivity index (χ2n) is 7.27. The van der Waals surface area contributed by atoms with Crippen LogP contribution in [-0.2, 0) is 13.1 Å². The molecule has 0 unspecified atom stereocenters. The van der Waals surface area contributed by atoms with Gasteiger partial charge in [0, 0.05) is 30.8 Å². The molecule has 1 N–H and O–H groups in total. The molecule has 11 heteroatoms. The van der Waals surface area contributed by atoms with E-state index in [0.717, 1.165) is 20.5 Å². The van der Waals surface area contributed by atoms with Crippen LogP contribution in [0.1, 0.15) is 35.0 Å². The lowest BCUT2D eigenvalue weighted by atomic mass is 10.1. The van der Waals surface area contributed by atoms with Gasteiger partial charge < -0.3 is 10.0 Å². The van der Waals surface area contributed by atoms with E-state index >= 15 is 0 Å². The van der Waals surface area contributed by atoms with E-state index < -0.39 is 41.6 Å². The Morgan fingerprint density at radius 1 is 1.26 bits per heavy atom. The molecule has 3 heterocycles. The Hall–Kier alpha value is -2.66. The molecule has 7 nitrogen and oxygen atoms in total. The van der Waals surface area contributed by atoms with Crippen molar-refractivity contribution in [3.63, 3.8) is 0 Å². The van der Waals surface area contributed by atoms with Crippen molar-refractivity contribution >= 4 is 33.5 Å². The highest BCUT2D eigenvalue weighted by Crippen LogP contribution is 2.33. The topological polar surface area (TPSA) is 84.5 Å². The predicted octanol–water partition coefficient (Wildman–Crippen LogP) is 2.60. The van der Waals surface area contributed by atoms with E-state index in [-0.39, 0.29) is 27.2 Å². The van der Waals surface area contributed by atoms with E-state index in [4.69, 9.17) is 0 Å². The second kappa shape index (κ2) is 8.46. The molecule has 1 fully saturated rings. The predicted molar refractivity (Wildman–Crippen MR) is 112 cm³/mol. The zero-order valence-corrected chi connectivity index (χ0v) is 17.7. The minimum Gasteiger partial charge on any atom is -0.393 e. The molecule has 0 radical (unpaired) electrons. The molecule has 1 amide bonds. The zero-order valence-electron chi connectivity index (χ0n) is 16.9. The van der Waals surface area contributed by atoms with Gasteiger partial charge in [-0.15, -0.1) is 11.3 Å². The third kappa shape index (κ3) is 4.11. The fraction of sp³-hybridized carbons (Fsp3) is 0.450. The number of likely N-dealkylation sites (tertiary alicyclic amines) is 1. The lowest BCUT2D eigenvalue weighted by Gasteiger charge is -2.29. The largest absolute Gasteiger partial charge is 0.413 e. The Kier molecular flexibility index (Phi) is 6.28. The maximum atomic E-state index is 13.1. The van der Waals surface area contributed by atoms with Gasteiger partial charge in [-0.1, -0.05) is 19.2 Å². The first kappa shape index (κ1) is 23.0. The summed E-state index contributed by atoms with van der Waals surface area (Å²) in [4.78, 5) is 40.5. The first-order chi connectivity index (χ1) is 14.5. The number of piperidine rings is 1. The minimum absolute atomic E-state index is 0.0168. The van der Waals surface area contributed by atoms with Crippen molar-refractivity contribution in [3.05, 3.63) is 50.0 Å². The molecule has 1 aliphatic heterocycles. The number of alkyl halides is 3. The van der Waals surface area contributed by atoms with Crippen LogP contribution >= 0.6 is 11.3 Å². The summed E-state index contributed by atoms with van der Waals surface area (Å²) in [5.74, 6) is -0.418. The lowest BCUT2D eigenvalue weighted by Crippen LogP contribution is -2.40. The molecular formula is C20H22F3N3O4S. The smallest absolute Gasteiger partial charge is 0.393 e. The number of hydrogen-bond acceptors (Lipinski definition) is 5. The van der Waals surface area contributed by atoms with Gasteiger partial charge in [0.2, 0.25) is 0 Å². The number of allylic oxidation sites excluding steroid dienone is 1. The van der Waals surface area contributed by atoms with E-state index in [1.54, 1.807) is 0 Å². The number of carbonyl (C=O) groups is 1. The summed E-state index contributed by atoms with van der Waals surface area (Å²) < 4.78 is 41.0. The summed E-state index contributed by atoms with van der Waals surface area (Å²) in [5, 5.41) is 9.65. The highest BCUT2D eigenvalue weighted by molar-refractivity contribution is 7.20. The average molecular weight is 457 g/mol. The van der Waals surface area contributed by atoms with Gasteiger partial charge >= 0.3 is 11.9 Å². The average Bonchev–Trinajstić information content (AvgIpc) is 3.10. The fourth-order valence-corrected chi connectivity index (χ4v) is 4.80. The van der Waals surface area contributed by atoms with Gasteiger partial charge in [-0.3, -0.25) is 18.7 Å². The van der Waals surface area contributed by atoms with Gasteiger partial charge in [-0.25, -0.2) is 4.79 Å². The minimum atomic E-state index is -4.72. The molecule has 0 atom stereocenters. The van der Waals surface area contributed by atoms with Crippen LogP contribution in [0.25, 0.3) is 16.3 Å². The fourth-order valence-electron chi connectivity index (χ4n) is 3.55. The third-order valence-corrected chi connectivity index (χ3v) is 6.53. The van der Waals surface area contributed by atoms with Crippen LogP contribution in [0.15, 0.2) is 28.3 Å². The van der Waals surface area contributed by atoms with E-state index in [9.17, 15) is 32.7 Å². The number of aliphatic hydroxyl groups excluding tert-OH is 1. The first-order valence-corrected chi connectivity index (χ1v) is 10.5. The molecule has 1 aliphatic rings. The molecule has 0 aromatic carbocycles. The molecular weight excluding hydrogens is 435 g/mol. The van der Waals surface area contributed by atoms with Crippen LogP contribution in [0.4, 0.5) is 13.2 Å². The molecule has 0 aliphatic carbocycles. The summed E-state index contributed by atoms with van der Waals surface area (Å²) >= 11 is 0.794. The van der Waals surface area contributed by atoms with Crippen molar-refractivity contribution in [2.24, 2.45) is 0 Å². The Labute approximate surface area is 179 Å². The van der Waals surface area contributed by atoms with Crippen LogP contribution in [0.3, 0.4) is 0 Å². The molecule has 0 saturated carbocycles. The molecule has 2 aromatic rings. The Morgan fingerprint density at radius 3 is 2.39 bits per heavy atom. The lowest BCUT2D eigenvalue weighted by molar-refractivity contribution is -0.0943. The Bertz CT molecular complexity index is 1170. The Balaban J connectivity index is 2.24. The van der Waals surface area contributed by atoms with E-state index in [2.05, 4.69) is 13.2 Å². The number of halogens is 3. The summed E-state index contributed by atoms with van der Waals surface area (Å²) in [6.07, 6.45) is -3.11. The molecule has 168 valence electrons. The summed E-state index contributed by atoms with van der Waals surface area (Å²) in [7, 11) is 0. The van der Waals surface area contributed by atoms with Crippen LogP contribution in [0, 0.1) is 0 Å². The number of carbonyl (C=O) groups excluding carboxylic acids is 1. The quantitative estimate of drug-likeness (QED) is 0.700. The standard InChI is InChI=1S/C20H22F3N3O4S/c1-4-13-14-16(28)25(5-2)19(30)26(10-11(3)20(21,22)23)18(14)31-15(13)17(29)24-8-6-12(27)7-9-24/h4,12,27H,1,3,5-10H2,2H3. The van der Waals surface area contributed by atoms with Gasteiger partial charge in [0.05, 0.1) is 18.0 Å². The van der Waals surface area contributed by atoms with Gasteiger partial charge in [0.15, 0.2) is 0 Å². The third-order valence-electron chi connectivity index (χ3n) is 5.31. The maximum Gasteiger partial charge on any atom is 0.413 e. The molecule has 2 aromatic heterocycles. The number of aliphatic hydroxyl groups is 1. The van der Waals surface area contributed by atoms with Gasteiger partial charge in [0.1, 0.15) is 9.71 Å². The molecule has 0 bridgehead atoms. The van der Waals surface area contributed by atoms with Crippen LogP contribution in [0.2, 0.25) is 0 Å². The van der Waals surface area contributed by atoms with Crippen molar-refractivity contribution in [2.75, 3.05) is 13.1 Å². The number of thiophene rings is 1. The molecule has 3 rings (SSSR count). The SMILES string of the molecule is C=Cc1c(C(=O)N2CCC(O)CC2)sc2c1c(=O)n(CC)c(=O)n2CC(=C)C(F)(F)F. The van der Waals surface area contributed by atoms with Gasteiger partial charge in [0.25, 0.3) is 11.5 Å². The second-order valence-corrected chi connectivity index (χ2v) is 8.27. The van der Waals surface area contributed by atoms with E-state index in [0.29, 0.717) is 25.9 Å². The summed E-state index contributed by atoms with van der Waals surface area (Å²) in [6.45, 7) is 7.92. The van der Waals surface area contributed by atoms with Crippen LogP contribution < -0.4 is 11.2 Å². The van der Waals surface area contributed by atoms with Crippen molar-refractivity contribution in [1.82, 2.24) is 14.0 Å². The molecule has 1 saturated heterocycles. The van der Waals surface area contributed by atoms with Gasteiger partial charge in [-0.2, -0.15) is 13.2 Å². The highest BCUT2D eigenvalue weighted by Gasteiger charge is 2.34. The van der Waals surface area contributed by atoms with Gasteiger partial charge in [-0.05, 0) is 19.8 Å². The van der Waals surface area contributed by atoms with Crippen LogP contribution in [-0.4, -0.2) is 50.4 Å². The number of rotatable bonds is 5. The molecule has 0 spiro atoms. The number of aromatic nitrogens is 2.